The van der Waals surface area contributed by atoms with Crippen LogP contribution in [0.4, 0.5) is 15.9 Å². The predicted octanol–water partition coefficient (Wildman–Crippen LogP) is 4.36. The van der Waals surface area contributed by atoms with Crippen LogP contribution < -0.4 is 16.0 Å². The lowest BCUT2D eigenvalue weighted by Crippen LogP contribution is -2.44. The maximum atomic E-state index is 14.4. The van der Waals surface area contributed by atoms with Crippen LogP contribution in [-0.2, 0) is 16.6 Å². The molecule has 0 bridgehead atoms. The van der Waals surface area contributed by atoms with Crippen LogP contribution in [0.5, 0.6) is 0 Å². The molecule has 4 N–H and O–H groups in total. The number of pyridine rings is 1. The Morgan fingerprint density at radius 3 is 2.76 bits per heavy atom. The molecule has 7 heteroatoms. The topological polar surface area (TPSA) is 86.3 Å². The van der Waals surface area contributed by atoms with Crippen molar-refractivity contribution in [3.8, 4) is 0 Å². The van der Waals surface area contributed by atoms with Gasteiger partial charge in [0, 0.05) is 18.3 Å². The van der Waals surface area contributed by atoms with Crippen LogP contribution in [0.3, 0.4) is 0 Å². The van der Waals surface area contributed by atoms with Crippen LogP contribution in [0.15, 0.2) is 66.9 Å². The number of nitrogens with zero attached hydrogens (tertiary/aromatic N) is 1. The van der Waals surface area contributed by atoms with Crippen molar-refractivity contribution in [2.24, 2.45) is 0 Å². The first-order valence-electron chi connectivity index (χ1n) is 11.1. The smallest absolute Gasteiger partial charge is 0.313 e. The van der Waals surface area contributed by atoms with Gasteiger partial charge in [-0.15, -0.1) is 0 Å². The van der Waals surface area contributed by atoms with E-state index in [0.717, 1.165) is 29.2 Å². The van der Waals surface area contributed by atoms with E-state index in [0.29, 0.717) is 13.0 Å². The Kier molecular flexibility index (Phi) is 6.60. The molecule has 0 radical (unpaired) electrons. The molecule has 4 rings (SSSR count). The molecule has 1 aromatic heterocycles. The highest BCUT2D eigenvalue weighted by Crippen LogP contribution is 2.29. The first-order chi connectivity index (χ1) is 15.9. The summed E-state index contributed by atoms with van der Waals surface area (Å²) < 4.78 is 14.4. The largest absolute Gasteiger partial charge is 0.481 e. The zero-order chi connectivity index (χ0) is 23.4. The fourth-order valence-corrected chi connectivity index (χ4v) is 4.16. The van der Waals surface area contributed by atoms with Gasteiger partial charge in [0.15, 0.2) is 0 Å². The molecule has 2 heterocycles. The molecule has 0 saturated carbocycles. The second-order valence-electron chi connectivity index (χ2n) is 8.87. The van der Waals surface area contributed by atoms with E-state index in [9.17, 15) is 14.3 Å². The van der Waals surface area contributed by atoms with Crippen LogP contribution >= 0.6 is 0 Å². The molecule has 33 heavy (non-hydrogen) atoms. The zero-order valence-corrected chi connectivity index (χ0v) is 18.8. The minimum absolute atomic E-state index is 0.0178. The van der Waals surface area contributed by atoms with Crippen molar-refractivity contribution in [1.82, 2.24) is 10.3 Å². The van der Waals surface area contributed by atoms with Crippen LogP contribution in [-0.4, -0.2) is 35.2 Å². The van der Waals surface area contributed by atoms with Crippen molar-refractivity contribution < 1.29 is 14.3 Å². The number of anilines is 2. The standard InChI is InChI=1S/C26H29FN4O2/c1-26(2,25(32)33)19-15-17(10-11-20(19)27)12-14-28-23(18-7-4-3-5-8-18)22-16-30-21-9-6-13-29-24(21)31-22/h3-11,13,15,22-23,28,30H,12,14,16H2,1-2H3,(H,29,31)(H,32,33)/t22-,23-/m1/s1. The fraction of sp³-hybridized carbons (Fsp3) is 0.308. The first kappa shape index (κ1) is 22.7. The SMILES string of the molecule is CC(C)(C(=O)O)c1cc(CCN[C@H](c2ccccc2)[C@H]2CNc3cccnc3N2)ccc1F. The first-order valence-corrected chi connectivity index (χ1v) is 11.1. The summed E-state index contributed by atoms with van der Waals surface area (Å²) >= 11 is 0. The van der Waals surface area contributed by atoms with Gasteiger partial charge in [-0.25, -0.2) is 9.37 Å². The van der Waals surface area contributed by atoms with Crippen LogP contribution in [0.2, 0.25) is 0 Å². The van der Waals surface area contributed by atoms with E-state index in [2.05, 4.69) is 33.1 Å². The number of carboxylic acids is 1. The molecule has 0 unspecified atom stereocenters. The minimum atomic E-state index is -1.29. The van der Waals surface area contributed by atoms with Gasteiger partial charge in [-0.3, -0.25) is 4.79 Å². The Morgan fingerprint density at radius 1 is 1.21 bits per heavy atom. The molecule has 0 aliphatic carbocycles. The van der Waals surface area contributed by atoms with Gasteiger partial charge in [0.1, 0.15) is 11.6 Å². The molecular weight excluding hydrogens is 419 g/mol. The maximum Gasteiger partial charge on any atom is 0.313 e. The minimum Gasteiger partial charge on any atom is -0.481 e. The number of hydrogen-bond donors (Lipinski definition) is 4. The number of carboxylic acid groups (broad SMARTS) is 1. The summed E-state index contributed by atoms with van der Waals surface area (Å²) in [7, 11) is 0. The summed E-state index contributed by atoms with van der Waals surface area (Å²) in [6, 6.07) is 19.0. The van der Waals surface area contributed by atoms with Crippen molar-refractivity contribution >= 4 is 17.5 Å². The lowest BCUT2D eigenvalue weighted by Gasteiger charge is -2.34. The Bertz CT molecular complexity index is 1120. The average Bonchev–Trinajstić information content (AvgIpc) is 2.83. The number of nitrogens with one attached hydrogen (secondary N) is 3. The Hall–Kier alpha value is -3.45. The van der Waals surface area contributed by atoms with Crippen LogP contribution in [0.1, 0.15) is 36.6 Å². The molecule has 1 aliphatic rings. The number of fused-ring (bicyclic) bond motifs is 1. The monoisotopic (exact) mass is 448 g/mol. The summed E-state index contributed by atoms with van der Waals surface area (Å²) in [6.07, 6.45) is 2.41. The molecule has 0 amide bonds. The lowest BCUT2D eigenvalue weighted by atomic mass is 9.83. The molecule has 0 spiro atoms. The predicted molar refractivity (Wildman–Crippen MR) is 128 cm³/mol. The van der Waals surface area contributed by atoms with Crippen LogP contribution in [0.25, 0.3) is 0 Å². The van der Waals surface area contributed by atoms with Gasteiger partial charge in [0.2, 0.25) is 0 Å². The molecular formula is C26H29FN4O2. The molecule has 1 aliphatic heterocycles. The van der Waals surface area contributed by atoms with E-state index in [1.807, 2.05) is 30.3 Å². The molecule has 2 atom stereocenters. The van der Waals surface area contributed by atoms with Gasteiger partial charge in [-0.1, -0.05) is 42.5 Å². The van der Waals surface area contributed by atoms with Gasteiger partial charge < -0.3 is 21.1 Å². The van der Waals surface area contributed by atoms with Gasteiger partial charge in [0.05, 0.1) is 23.2 Å². The number of benzene rings is 2. The summed E-state index contributed by atoms with van der Waals surface area (Å²) in [6.45, 7) is 4.42. The molecule has 172 valence electrons. The molecule has 0 fully saturated rings. The van der Waals surface area contributed by atoms with Crippen molar-refractivity contribution in [3.63, 3.8) is 0 Å². The lowest BCUT2D eigenvalue weighted by molar-refractivity contribution is -0.142. The second-order valence-corrected chi connectivity index (χ2v) is 8.87. The quantitative estimate of drug-likeness (QED) is 0.410. The molecule has 6 nitrogen and oxygen atoms in total. The van der Waals surface area contributed by atoms with Gasteiger partial charge >= 0.3 is 5.97 Å². The third-order valence-electron chi connectivity index (χ3n) is 6.22. The summed E-state index contributed by atoms with van der Waals surface area (Å²) in [5, 5.41) is 20.1. The maximum absolute atomic E-state index is 14.4. The van der Waals surface area contributed by atoms with Gasteiger partial charge in [-0.2, -0.15) is 0 Å². The van der Waals surface area contributed by atoms with E-state index in [1.54, 1.807) is 18.3 Å². The van der Waals surface area contributed by atoms with E-state index in [-0.39, 0.29) is 17.6 Å². The number of carbonyl (C=O) groups is 1. The highest BCUT2D eigenvalue weighted by atomic mass is 19.1. The number of rotatable bonds is 8. The van der Waals surface area contributed by atoms with Gasteiger partial charge in [0.25, 0.3) is 0 Å². The van der Waals surface area contributed by atoms with Crippen molar-refractivity contribution in [2.45, 2.75) is 37.8 Å². The Morgan fingerprint density at radius 2 is 2.00 bits per heavy atom. The van der Waals surface area contributed by atoms with Crippen molar-refractivity contribution in [2.75, 3.05) is 23.7 Å². The van der Waals surface area contributed by atoms with E-state index >= 15 is 0 Å². The second kappa shape index (κ2) is 9.58. The third-order valence-corrected chi connectivity index (χ3v) is 6.22. The van der Waals surface area contributed by atoms with Crippen molar-refractivity contribution in [3.05, 3.63) is 89.4 Å². The van der Waals surface area contributed by atoms with E-state index in [4.69, 9.17) is 0 Å². The van der Waals surface area contributed by atoms with Gasteiger partial charge in [-0.05, 0) is 56.1 Å². The van der Waals surface area contributed by atoms with Crippen LogP contribution in [0, 0.1) is 5.82 Å². The number of aliphatic carboxylic acids is 1. The summed E-state index contributed by atoms with van der Waals surface area (Å²) in [5.74, 6) is -0.717. The number of hydrogen-bond acceptors (Lipinski definition) is 5. The molecule has 2 aromatic carbocycles. The van der Waals surface area contributed by atoms with E-state index in [1.165, 1.54) is 19.9 Å². The summed E-state index contributed by atoms with van der Waals surface area (Å²) in [5.41, 5.74) is 1.94. The number of aromatic nitrogens is 1. The Labute approximate surface area is 193 Å². The van der Waals surface area contributed by atoms with E-state index < -0.39 is 17.2 Å². The molecule has 3 aromatic rings. The fourth-order valence-electron chi connectivity index (χ4n) is 4.16. The molecule has 0 saturated heterocycles. The number of halogens is 1. The Balaban J connectivity index is 1.49. The highest BCUT2D eigenvalue weighted by molar-refractivity contribution is 5.80. The summed E-state index contributed by atoms with van der Waals surface area (Å²) in [4.78, 5) is 16.1. The average molecular weight is 449 g/mol. The third kappa shape index (κ3) is 4.98. The van der Waals surface area contributed by atoms with Crippen molar-refractivity contribution in [1.29, 1.82) is 0 Å². The zero-order valence-electron chi connectivity index (χ0n) is 18.8. The highest BCUT2D eigenvalue weighted by Gasteiger charge is 2.32. The normalized spacial score (nSPS) is 16.3.